The minimum Gasteiger partial charge on any atom is -0.484 e. The maximum absolute atomic E-state index is 11.8. The van der Waals surface area contributed by atoms with Crippen molar-refractivity contribution in [3.05, 3.63) is 57.6 Å². The summed E-state index contributed by atoms with van der Waals surface area (Å²) in [6, 6.07) is 10.4. The fraction of sp³-hybridized carbons (Fsp3) is 0.500. The number of sulfone groups is 1. The van der Waals surface area contributed by atoms with Gasteiger partial charge in [0.15, 0.2) is 9.84 Å². The van der Waals surface area contributed by atoms with E-state index < -0.39 is 9.84 Å². The number of hydrogen-bond acceptors (Lipinski definition) is 6. The van der Waals surface area contributed by atoms with Crippen molar-refractivity contribution in [1.29, 1.82) is 0 Å². The van der Waals surface area contributed by atoms with Crippen LogP contribution in [-0.2, 0) is 21.0 Å². The molecule has 1 heterocycles. The molecule has 2 aromatic rings. The highest BCUT2D eigenvalue weighted by Crippen LogP contribution is 2.43. The smallest absolute Gasteiger partial charge is 0.175 e. The van der Waals surface area contributed by atoms with Gasteiger partial charge in [-0.1, -0.05) is 23.2 Å². The first-order chi connectivity index (χ1) is 15.8. The molecule has 9 heteroatoms. The van der Waals surface area contributed by atoms with E-state index >= 15 is 0 Å². The molecule has 6 nitrogen and oxygen atoms in total. The lowest BCUT2D eigenvalue weighted by atomic mass is 10.1. The number of nitrogens with zero attached hydrogens (tertiary/aromatic N) is 2. The van der Waals surface area contributed by atoms with Crippen LogP contribution in [0.1, 0.15) is 23.7 Å². The number of ether oxygens (including phenoxy) is 2. The van der Waals surface area contributed by atoms with Crippen LogP contribution in [0.4, 0.5) is 0 Å². The molecule has 2 aromatic carbocycles. The van der Waals surface area contributed by atoms with Gasteiger partial charge >= 0.3 is 0 Å². The van der Waals surface area contributed by atoms with Crippen LogP contribution in [0.25, 0.3) is 0 Å². The van der Waals surface area contributed by atoms with Crippen molar-refractivity contribution >= 4 is 33.0 Å². The molecule has 0 spiro atoms. The molecule has 33 heavy (non-hydrogen) atoms. The Hall–Kier alpha value is -1.35. The van der Waals surface area contributed by atoms with Gasteiger partial charge in [-0.25, -0.2) is 8.42 Å². The largest absolute Gasteiger partial charge is 0.484 e. The van der Waals surface area contributed by atoms with Gasteiger partial charge < -0.3 is 9.47 Å². The third-order valence-electron chi connectivity index (χ3n) is 6.48. The van der Waals surface area contributed by atoms with Crippen LogP contribution in [0, 0.1) is 0 Å². The molecule has 1 aliphatic heterocycles. The minimum absolute atomic E-state index is 0.118. The normalized spacial score (nSPS) is 22.2. The molecule has 0 aromatic heterocycles. The Balaban J connectivity index is 1.59. The molecule has 0 saturated carbocycles. The highest BCUT2D eigenvalue weighted by atomic mass is 35.5. The summed E-state index contributed by atoms with van der Waals surface area (Å²) in [5, 5.41) is 1.25. The summed E-state index contributed by atoms with van der Waals surface area (Å²) >= 11 is 12.9. The standard InChI is InChI=1S/C24H30Cl2N2O4S/c1-31-13-12-27-8-3-9-28(11-10-27)23-16-20-21(14-17(25)15-22(20)26)24(23)32-18-4-6-19(7-5-18)33(2,29)30/h4-7,14-15,23-24H,3,8-13,16H2,1-2H3. The van der Waals surface area contributed by atoms with Crippen LogP contribution in [-0.4, -0.2) is 77.0 Å². The zero-order valence-corrected chi connectivity index (χ0v) is 21.3. The highest BCUT2D eigenvalue weighted by Gasteiger charge is 2.40. The van der Waals surface area contributed by atoms with E-state index in [2.05, 4.69) is 9.80 Å². The summed E-state index contributed by atoms with van der Waals surface area (Å²) in [5.74, 6) is 0.623. The third kappa shape index (κ3) is 5.84. The fourth-order valence-corrected chi connectivity index (χ4v) is 5.97. The molecule has 1 fully saturated rings. The van der Waals surface area contributed by atoms with Crippen molar-refractivity contribution in [1.82, 2.24) is 9.80 Å². The van der Waals surface area contributed by atoms with Crippen LogP contribution >= 0.6 is 23.2 Å². The van der Waals surface area contributed by atoms with Gasteiger partial charge in [0, 0.05) is 48.6 Å². The van der Waals surface area contributed by atoms with Crippen molar-refractivity contribution in [2.24, 2.45) is 0 Å². The monoisotopic (exact) mass is 512 g/mol. The SMILES string of the molecule is COCCN1CCCN(C2Cc3c(Cl)cc(Cl)cc3C2Oc2ccc(S(C)(=O)=O)cc2)CC1. The maximum atomic E-state index is 11.8. The predicted molar refractivity (Wildman–Crippen MR) is 131 cm³/mol. The van der Waals surface area contributed by atoms with Gasteiger partial charge in [0.25, 0.3) is 0 Å². The van der Waals surface area contributed by atoms with Crippen molar-refractivity contribution in [3.8, 4) is 5.75 Å². The molecule has 1 aliphatic carbocycles. The Bertz CT molecular complexity index is 1080. The number of rotatable bonds is 7. The van der Waals surface area contributed by atoms with E-state index in [4.69, 9.17) is 32.7 Å². The van der Waals surface area contributed by atoms with E-state index in [-0.39, 0.29) is 17.0 Å². The number of benzene rings is 2. The molecular weight excluding hydrogens is 483 g/mol. The van der Waals surface area contributed by atoms with Crippen LogP contribution in [0.2, 0.25) is 10.0 Å². The average molecular weight is 513 g/mol. The quantitative estimate of drug-likeness (QED) is 0.556. The summed E-state index contributed by atoms with van der Waals surface area (Å²) < 4.78 is 35.4. The van der Waals surface area contributed by atoms with Gasteiger partial charge in [-0.05, 0) is 67.9 Å². The van der Waals surface area contributed by atoms with E-state index in [1.54, 1.807) is 37.4 Å². The van der Waals surface area contributed by atoms with Crippen LogP contribution in [0.5, 0.6) is 5.75 Å². The lowest BCUT2D eigenvalue weighted by Gasteiger charge is -2.32. The minimum atomic E-state index is -3.26. The fourth-order valence-electron chi connectivity index (χ4n) is 4.76. The first-order valence-corrected chi connectivity index (χ1v) is 13.8. The van der Waals surface area contributed by atoms with Gasteiger partial charge in [-0.3, -0.25) is 9.80 Å². The number of methoxy groups -OCH3 is 1. The molecule has 0 radical (unpaired) electrons. The Morgan fingerprint density at radius 1 is 1.06 bits per heavy atom. The lowest BCUT2D eigenvalue weighted by molar-refractivity contribution is 0.0787. The summed E-state index contributed by atoms with van der Waals surface area (Å²) in [6.45, 7) is 5.59. The molecule has 1 saturated heterocycles. The highest BCUT2D eigenvalue weighted by molar-refractivity contribution is 7.90. The predicted octanol–water partition coefficient (Wildman–Crippen LogP) is 4.10. The van der Waals surface area contributed by atoms with E-state index in [1.165, 1.54) is 6.26 Å². The summed E-state index contributed by atoms with van der Waals surface area (Å²) in [4.78, 5) is 5.20. The van der Waals surface area contributed by atoms with Crippen molar-refractivity contribution < 1.29 is 17.9 Å². The van der Waals surface area contributed by atoms with E-state index in [0.29, 0.717) is 15.8 Å². The van der Waals surface area contributed by atoms with Crippen molar-refractivity contribution in [2.45, 2.75) is 29.9 Å². The molecule has 4 rings (SSSR count). The molecule has 180 valence electrons. The van der Waals surface area contributed by atoms with Crippen LogP contribution in [0.3, 0.4) is 0 Å². The van der Waals surface area contributed by atoms with E-state index in [1.807, 2.05) is 6.07 Å². The van der Waals surface area contributed by atoms with Gasteiger partial charge in [0.2, 0.25) is 0 Å². The second kappa shape index (κ2) is 10.5. The summed E-state index contributed by atoms with van der Waals surface area (Å²) in [5.41, 5.74) is 2.08. The Morgan fingerprint density at radius 2 is 1.82 bits per heavy atom. The summed E-state index contributed by atoms with van der Waals surface area (Å²) in [6.07, 6.45) is 2.81. The molecule has 2 atom stereocenters. The topological polar surface area (TPSA) is 59.1 Å². The molecule has 0 amide bonds. The first-order valence-electron chi connectivity index (χ1n) is 11.2. The van der Waals surface area contributed by atoms with Crippen molar-refractivity contribution in [3.63, 3.8) is 0 Å². The van der Waals surface area contributed by atoms with Gasteiger partial charge in [0.05, 0.1) is 17.5 Å². The second-order valence-corrected chi connectivity index (χ2v) is 11.6. The molecule has 2 unspecified atom stereocenters. The Labute approximate surface area is 206 Å². The first kappa shape index (κ1) is 24.8. The van der Waals surface area contributed by atoms with Crippen LogP contribution in [0.15, 0.2) is 41.3 Å². The lowest BCUT2D eigenvalue weighted by Crippen LogP contribution is -2.42. The summed E-state index contributed by atoms with van der Waals surface area (Å²) in [7, 11) is -1.53. The second-order valence-electron chi connectivity index (χ2n) is 8.73. The Kier molecular flexibility index (Phi) is 7.88. The average Bonchev–Trinajstić information content (AvgIpc) is 2.96. The van der Waals surface area contributed by atoms with E-state index in [0.717, 1.165) is 63.3 Å². The Morgan fingerprint density at radius 3 is 2.52 bits per heavy atom. The number of halogens is 2. The number of fused-ring (bicyclic) bond motifs is 1. The maximum Gasteiger partial charge on any atom is 0.175 e. The molecule has 0 bridgehead atoms. The number of hydrogen-bond donors (Lipinski definition) is 0. The van der Waals surface area contributed by atoms with Gasteiger partial charge in [-0.2, -0.15) is 0 Å². The van der Waals surface area contributed by atoms with Crippen molar-refractivity contribution in [2.75, 3.05) is 52.7 Å². The molecule has 0 N–H and O–H groups in total. The zero-order valence-electron chi connectivity index (χ0n) is 19.0. The van der Waals surface area contributed by atoms with Crippen LogP contribution < -0.4 is 4.74 Å². The third-order valence-corrected chi connectivity index (χ3v) is 8.17. The zero-order chi connectivity index (χ0) is 23.6. The van der Waals surface area contributed by atoms with E-state index in [9.17, 15) is 8.42 Å². The molecular formula is C24H30Cl2N2O4S. The molecule has 2 aliphatic rings. The van der Waals surface area contributed by atoms with Gasteiger partial charge in [-0.15, -0.1) is 0 Å². The van der Waals surface area contributed by atoms with Gasteiger partial charge in [0.1, 0.15) is 11.9 Å².